The summed E-state index contributed by atoms with van der Waals surface area (Å²) in [4.78, 5) is -0.159. The fourth-order valence-corrected chi connectivity index (χ4v) is 3.15. The lowest BCUT2D eigenvalue weighted by Crippen LogP contribution is -2.29. The zero-order chi connectivity index (χ0) is 15.6. The van der Waals surface area contributed by atoms with Crippen LogP contribution in [0.4, 0.5) is 4.39 Å². The lowest BCUT2D eigenvalue weighted by molar-refractivity contribution is 0.173. The number of aromatic nitrogens is 1. The summed E-state index contributed by atoms with van der Waals surface area (Å²) < 4.78 is 41.1. The van der Waals surface area contributed by atoms with E-state index >= 15 is 0 Å². The van der Waals surface area contributed by atoms with Gasteiger partial charge in [-0.3, -0.25) is 0 Å². The van der Waals surface area contributed by atoms with Gasteiger partial charge in [0, 0.05) is 25.5 Å². The van der Waals surface area contributed by atoms with Crippen molar-refractivity contribution in [2.24, 2.45) is 7.05 Å². The highest BCUT2D eigenvalue weighted by atomic mass is 35.5. The second-order valence-electron chi connectivity index (χ2n) is 4.49. The van der Waals surface area contributed by atoms with Crippen LogP contribution in [0.5, 0.6) is 0 Å². The number of halogens is 2. The van der Waals surface area contributed by atoms with Crippen molar-refractivity contribution >= 4 is 21.6 Å². The van der Waals surface area contributed by atoms with Gasteiger partial charge in [0.1, 0.15) is 11.9 Å². The van der Waals surface area contributed by atoms with Gasteiger partial charge in [0.2, 0.25) is 10.0 Å². The third-order valence-electron chi connectivity index (χ3n) is 2.99. The summed E-state index contributed by atoms with van der Waals surface area (Å²) in [5, 5.41) is 9.69. The van der Waals surface area contributed by atoms with Gasteiger partial charge in [-0.15, -0.1) is 0 Å². The molecule has 2 rings (SSSR count). The van der Waals surface area contributed by atoms with Gasteiger partial charge in [-0.2, -0.15) is 0 Å². The summed E-state index contributed by atoms with van der Waals surface area (Å²) in [6.07, 6.45) is 0.753. The first-order valence-corrected chi connectivity index (χ1v) is 7.91. The minimum Gasteiger partial charge on any atom is -0.386 e. The highest BCUT2D eigenvalue weighted by Crippen LogP contribution is 2.20. The van der Waals surface area contributed by atoms with Gasteiger partial charge in [0.25, 0.3) is 0 Å². The van der Waals surface area contributed by atoms with Crippen LogP contribution in [-0.2, 0) is 17.1 Å². The Bertz CT molecular complexity index is 746. The number of sulfonamides is 1. The highest BCUT2D eigenvalue weighted by molar-refractivity contribution is 7.89. The molecule has 0 fully saturated rings. The first kappa shape index (κ1) is 16.0. The average molecular weight is 333 g/mol. The summed E-state index contributed by atoms with van der Waals surface area (Å²) in [5.41, 5.74) is 0.579. The molecule has 1 unspecified atom stereocenters. The molecule has 1 aromatic heterocycles. The number of aliphatic hydroxyl groups is 1. The van der Waals surface area contributed by atoms with E-state index in [0.717, 1.165) is 18.2 Å². The summed E-state index contributed by atoms with van der Waals surface area (Å²) in [6.45, 7) is -0.199. The van der Waals surface area contributed by atoms with Gasteiger partial charge in [-0.05, 0) is 30.3 Å². The van der Waals surface area contributed by atoms with Crippen molar-refractivity contribution in [1.29, 1.82) is 0 Å². The number of aryl methyl sites for hydroxylation is 1. The lowest BCUT2D eigenvalue weighted by Gasteiger charge is -2.13. The van der Waals surface area contributed by atoms with E-state index in [-0.39, 0.29) is 16.5 Å². The maximum atomic E-state index is 13.0. The van der Waals surface area contributed by atoms with Crippen molar-refractivity contribution in [3.63, 3.8) is 0 Å². The minimum absolute atomic E-state index is 0.159. The van der Waals surface area contributed by atoms with Crippen LogP contribution >= 0.6 is 11.6 Å². The zero-order valence-corrected chi connectivity index (χ0v) is 12.7. The van der Waals surface area contributed by atoms with E-state index in [9.17, 15) is 17.9 Å². The quantitative estimate of drug-likeness (QED) is 0.877. The molecule has 0 saturated carbocycles. The fourth-order valence-electron chi connectivity index (χ4n) is 1.84. The van der Waals surface area contributed by atoms with Crippen LogP contribution in [-0.4, -0.2) is 24.6 Å². The largest absolute Gasteiger partial charge is 0.386 e. The molecule has 0 bridgehead atoms. The Kier molecular flexibility index (Phi) is 4.67. The number of aliphatic hydroxyl groups excluding tert-OH is 1. The maximum absolute atomic E-state index is 13.0. The first-order valence-electron chi connectivity index (χ1n) is 6.05. The molecule has 21 heavy (non-hydrogen) atoms. The Morgan fingerprint density at radius 2 is 2.14 bits per heavy atom. The van der Waals surface area contributed by atoms with E-state index < -0.39 is 21.9 Å². The molecule has 2 N–H and O–H groups in total. The highest BCUT2D eigenvalue weighted by Gasteiger charge is 2.19. The molecule has 5 nitrogen and oxygen atoms in total. The number of nitrogens with one attached hydrogen (secondary N) is 1. The van der Waals surface area contributed by atoms with Crippen molar-refractivity contribution < 1.29 is 17.9 Å². The fraction of sp³-hybridized carbons (Fsp3) is 0.231. The molecule has 114 valence electrons. The molecule has 2 aromatic rings. The monoisotopic (exact) mass is 332 g/mol. The predicted molar refractivity (Wildman–Crippen MR) is 77.0 cm³/mol. The SMILES string of the molecule is Cn1cccc1C(O)CNS(=O)(=O)c1ccc(F)c(Cl)c1. The van der Waals surface area contributed by atoms with Gasteiger partial charge in [0.15, 0.2) is 0 Å². The van der Waals surface area contributed by atoms with Crippen LogP contribution in [0.3, 0.4) is 0 Å². The zero-order valence-electron chi connectivity index (χ0n) is 11.1. The van der Waals surface area contributed by atoms with Gasteiger partial charge in [-0.25, -0.2) is 17.5 Å². The van der Waals surface area contributed by atoms with Crippen molar-refractivity contribution in [3.05, 3.63) is 53.1 Å². The van der Waals surface area contributed by atoms with Crippen LogP contribution < -0.4 is 4.72 Å². The van der Waals surface area contributed by atoms with E-state index in [2.05, 4.69) is 4.72 Å². The van der Waals surface area contributed by atoms with Crippen molar-refractivity contribution in [1.82, 2.24) is 9.29 Å². The lowest BCUT2D eigenvalue weighted by atomic mass is 10.2. The van der Waals surface area contributed by atoms with Crippen molar-refractivity contribution in [2.45, 2.75) is 11.0 Å². The molecule has 0 radical (unpaired) electrons. The van der Waals surface area contributed by atoms with Crippen LogP contribution in [0.2, 0.25) is 5.02 Å². The number of hydrogen-bond donors (Lipinski definition) is 2. The Balaban J connectivity index is 2.11. The molecule has 8 heteroatoms. The Labute approximate surface area is 127 Å². The third-order valence-corrected chi connectivity index (χ3v) is 4.70. The molecule has 1 heterocycles. The van der Waals surface area contributed by atoms with Crippen LogP contribution in [0.1, 0.15) is 11.8 Å². The average Bonchev–Trinajstić information content (AvgIpc) is 2.85. The van der Waals surface area contributed by atoms with E-state index in [0.29, 0.717) is 5.69 Å². The van der Waals surface area contributed by atoms with Crippen molar-refractivity contribution in [3.8, 4) is 0 Å². The molecule has 0 spiro atoms. The summed E-state index contributed by atoms with van der Waals surface area (Å²) in [5.74, 6) is -0.695. The van der Waals surface area contributed by atoms with E-state index in [1.165, 1.54) is 0 Å². The second-order valence-corrected chi connectivity index (χ2v) is 6.66. The molecule has 1 atom stereocenters. The number of nitrogens with zero attached hydrogens (tertiary/aromatic N) is 1. The number of benzene rings is 1. The smallest absolute Gasteiger partial charge is 0.240 e. The van der Waals surface area contributed by atoms with Gasteiger partial charge >= 0.3 is 0 Å². The van der Waals surface area contributed by atoms with Crippen LogP contribution in [0.15, 0.2) is 41.4 Å². The van der Waals surface area contributed by atoms with E-state index in [4.69, 9.17) is 11.6 Å². The Hall–Kier alpha value is -1.41. The maximum Gasteiger partial charge on any atom is 0.240 e. The first-order chi connectivity index (χ1) is 9.81. The van der Waals surface area contributed by atoms with Gasteiger partial charge in [0.05, 0.1) is 9.92 Å². The molecule has 0 aliphatic rings. The predicted octanol–water partition coefficient (Wildman–Crippen LogP) is 1.83. The molecule has 0 amide bonds. The minimum atomic E-state index is -3.87. The second kappa shape index (κ2) is 6.15. The molecule has 0 saturated heterocycles. The molecule has 0 aliphatic heterocycles. The Morgan fingerprint density at radius 1 is 1.43 bits per heavy atom. The number of rotatable bonds is 5. The van der Waals surface area contributed by atoms with Crippen LogP contribution in [0, 0.1) is 5.82 Å². The van der Waals surface area contributed by atoms with E-state index in [1.807, 2.05) is 0 Å². The third kappa shape index (κ3) is 3.62. The summed E-state index contributed by atoms with van der Waals surface area (Å²) in [6, 6.07) is 6.54. The summed E-state index contributed by atoms with van der Waals surface area (Å²) >= 11 is 5.56. The van der Waals surface area contributed by atoms with Gasteiger partial charge < -0.3 is 9.67 Å². The molecule has 1 aromatic carbocycles. The standard InChI is InChI=1S/C13H14ClFN2O3S/c1-17-6-2-3-12(17)13(18)8-16-21(19,20)9-4-5-11(15)10(14)7-9/h2-7,13,16,18H,8H2,1H3. The van der Waals surface area contributed by atoms with Gasteiger partial charge in [-0.1, -0.05) is 11.6 Å². The summed E-state index contributed by atoms with van der Waals surface area (Å²) in [7, 11) is -2.13. The van der Waals surface area contributed by atoms with Crippen LogP contribution in [0.25, 0.3) is 0 Å². The Morgan fingerprint density at radius 3 is 2.71 bits per heavy atom. The topological polar surface area (TPSA) is 71.3 Å². The molecular formula is C13H14ClFN2O3S. The number of hydrogen-bond acceptors (Lipinski definition) is 3. The van der Waals surface area contributed by atoms with E-state index in [1.54, 1.807) is 29.9 Å². The molecular weight excluding hydrogens is 319 g/mol. The van der Waals surface area contributed by atoms with Crippen molar-refractivity contribution in [2.75, 3.05) is 6.54 Å². The molecule has 0 aliphatic carbocycles. The normalized spacial score (nSPS) is 13.3.